The Morgan fingerprint density at radius 3 is 2.48 bits per heavy atom. The molecule has 0 fully saturated rings. The Morgan fingerprint density at radius 2 is 1.76 bits per heavy atom. The fourth-order valence-electron chi connectivity index (χ4n) is 2.72. The maximum Gasteiger partial charge on any atom is 0.310 e. The van der Waals surface area contributed by atoms with Crippen molar-refractivity contribution in [2.45, 2.75) is 26.9 Å². The highest BCUT2D eigenvalue weighted by Gasteiger charge is 2.17. The molecule has 2 aromatic carbocycles. The molecule has 3 aromatic rings. The van der Waals surface area contributed by atoms with Crippen molar-refractivity contribution < 1.29 is 9.53 Å². The zero-order chi connectivity index (χ0) is 17.8. The average Bonchev–Trinajstić information content (AvgIpc) is 2.90. The van der Waals surface area contributed by atoms with Crippen LogP contribution in [0.5, 0.6) is 0 Å². The molecular formula is C20H19ClN2O2. The molecule has 0 radical (unpaired) electrons. The van der Waals surface area contributed by atoms with E-state index in [-0.39, 0.29) is 19.0 Å². The summed E-state index contributed by atoms with van der Waals surface area (Å²) in [6.07, 6.45) is 0.189. The summed E-state index contributed by atoms with van der Waals surface area (Å²) in [6, 6.07) is 17.2. The van der Waals surface area contributed by atoms with Crippen LogP contribution in [0.2, 0.25) is 5.02 Å². The number of hydrogen-bond donors (Lipinski definition) is 0. The van der Waals surface area contributed by atoms with Crippen LogP contribution in [0.1, 0.15) is 22.5 Å². The van der Waals surface area contributed by atoms with Gasteiger partial charge in [0.1, 0.15) is 6.61 Å². The van der Waals surface area contributed by atoms with Gasteiger partial charge in [0.25, 0.3) is 0 Å². The summed E-state index contributed by atoms with van der Waals surface area (Å²) >= 11 is 6.08. The van der Waals surface area contributed by atoms with Crippen molar-refractivity contribution in [1.82, 2.24) is 9.78 Å². The van der Waals surface area contributed by atoms with Gasteiger partial charge in [-0.3, -0.25) is 4.79 Å². The molecule has 4 nitrogen and oxygen atoms in total. The minimum Gasteiger partial charge on any atom is -0.460 e. The van der Waals surface area contributed by atoms with Crippen molar-refractivity contribution >= 4 is 17.6 Å². The Labute approximate surface area is 152 Å². The number of aromatic nitrogens is 2. The monoisotopic (exact) mass is 354 g/mol. The average molecular weight is 355 g/mol. The smallest absolute Gasteiger partial charge is 0.310 e. The first-order valence-corrected chi connectivity index (χ1v) is 8.43. The number of halogens is 1. The minimum absolute atomic E-state index is 0.170. The fraction of sp³-hybridized carbons (Fsp3) is 0.200. The van der Waals surface area contributed by atoms with Crippen LogP contribution in [-0.2, 0) is 22.6 Å². The predicted octanol–water partition coefficient (Wildman–Crippen LogP) is 4.43. The van der Waals surface area contributed by atoms with Gasteiger partial charge in [-0.1, -0.05) is 48.0 Å². The number of hydrogen-bond acceptors (Lipinski definition) is 3. The summed E-state index contributed by atoms with van der Waals surface area (Å²) < 4.78 is 7.23. The van der Waals surface area contributed by atoms with Crippen molar-refractivity contribution in [2.75, 3.05) is 0 Å². The van der Waals surface area contributed by atoms with Gasteiger partial charge in [0, 0.05) is 21.8 Å². The summed E-state index contributed by atoms with van der Waals surface area (Å²) in [5.74, 6) is -0.293. The highest BCUT2D eigenvalue weighted by molar-refractivity contribution is 6.31. The fourth-order valence-corrected chi connectivity index (χ4v) is 2.91. The van der Waals surface area contributed by atoms with Crippen molar-refractivity contribution in [3.8, 4) is 5.69 Å². The van der Waals surface area contributed by atoms with Crippen LogP contribution in [0.25, 0.3) is 5.69 Å². The third kappa shape index (κ3) is 3.91. The number of ether oxygens (including phenoxy) is 1. The Balaban J connectivity index is 1.72. The molecule has 3 rings (SSSR count). The second kappa shape index (κ2) is 7.53. The standard InChI is InChI=1S/C20H19ClN2O2/c1-14-18(15(2)23(22-14)17-9-4-3-5-10-17)12-20(24)25-13-16-8-6-7-11-19(16)21/h3-11H,12-13H2,1-2H3. The van der Waals surface area contributed by atoms with E-state index >= 15 is 0 Å². The molecule has 1 heterocycles. The molecule has 0 bridgehead atoms. The molecule has 0 unspecified atom stereocenters. The highest BCUT2D eigenvalue weighted by atomic mass is 35.5. The third-order valence-corrected chi connectivity index (χ3v) is 4.48. The van der Waals surface area contributed by atoms with Crippen molar-refractivity contribution in [3.63, 3.8) is 0 Å². The minimum atomic E-state index is -0.293. The van der Waals surface area contributed by atoms with E-state index in [1.807, 2.05) is 67.1 Å². The summed E-state index contributed by atoms with van der Waals surface area (Å²) in [4.78, 5) is 12.2. The molecule has 0 atom stereocenters. The first-order chi connectivity index (χ1) is 12.1. The van der Waals surface area contributed by atoms with Crippen LogP contribution in [0, 0.1) is 13.8 Å². The Bertz CT molecular complexity index is 888. The predicted molar refractivity (Wildman–Crippen MR) is 98.0 cm³/mol. The number of esters is 1. The number of benzene rings is 2. The van der Waals surface area contributed by atoms with Gasteiger partial charge in [0.15, 0.2) is 0 Å². The van der Waals surface area contributed by atoms with E-state index in [2.05, 4.69) is 5.10 Å². The van der Waals surface area contributed by atoms with Crippen LogP contribution in [-0.4, -0.2) is 15.7 Å². The summed E-state index contributed by atoms with van der Waals surface area (Å²) in [5, 5.41) is 5.15. The molecule has 128 valence electrons. The van der Waals surface area contributed by atoms with E-state index in [4.69, 9.17) is 16.3 Å². The Kier molecular flexibility index (Phi) is 5.19. The lowest BCUT2D eigenvalue weighted by Crippen LogP contribution is -2.09. The van der Waals surface area contributed by atoms with E-state index in [9.17, 15) is 4.79 Å². The zero-order valence-corrected chi connectivity index (χ0v) is 15.0. The quantitative estimate of drug-likeness (QED) is 0.637. The van der Waals surface area contributed by atoms with Gasteiger partial charge in [-0.15, -0.1) is 0 Å². The largest absolute Gasteiger partial charge is 0.460 e. The topological polar surface area (TPSA) is 44.1 Å². The van der Waals surface area contributed by atoms with E-state index < -0.39 is 0 Å². The number of para-hydroxylation sites is 1. The molecule has 0 aliphatic carbocycles. The van der Waals surface area contributed by atoms with E-state index in [0.29, 0.717) is 5.02 Å². The molecule has 0 amide bonds. The lowest BCUT2D eigenvalue weighted by Gasteiger charge is -2.07. The number of nitrogens with zero attached hydrogens (tertiary/aromatic N) is 2. The highest BCUT2D eigenvalue weighted by Crippen LogP contribution is 2.20. The first-order valence-electron chi connectivity index (χ1n) is 8.06. The molecule has 0 saturated heterocycles. The lowest BCUT2D eigenvalue weighted by molar-refractivity contribution is -0.144. The normalized spacial score (nSPS) is 10.7. The maximum atomic E-state index is 12.2. The molecular weight excluding hydrogens is 336 g/mol. The van der Waals surface area contributed by atoms with Crippen molar-refractivity contribution in [1.29, 1.82) is 0 Å². The summed E-state index contributed by atoms with van der Waals surface area (Å²) in [7, 11) is 0. The number of carbonyl (C=O) groups excluding carboxylic acids is 1. The summed E-state index contributed by atoms with van der Waals surface area (Å²) in [5.41, 5.74) is 4.44. The Morgan fingerprint density at radius 1 is 1.08 bits per heavy atom. The second-order valence-electron chi connectivity index (χ2n) is 5.83. The molecule has 5 heteroatoms. The number of rotatable bonds is 5. The molecule has 1 aromatic heterocycles. The van der Waals surface area contributed by atoms with Gasteiger partial charge in [-0.05, 0) is 32.0 Å². The van der Waals surface area contributed by atoms with Gasteiger partial charge >= 0.3 is 5.97 Å². The summed E-state index contributed by atoms with van der Waals surface area (Å²) in [6.45, 7) is 4.04. The van der Waals surface area contributed by atoms with Gasteiger partial charge in [0.05, 0.1) is 17.8 Å². The van der Waals surface area contributed by atoms with Gasteiger partial charge < -0.3 is 4.74 Å². The third-order valence-electron chi connectivity index (χ3n) is 4.11. The van der Waals surface area contributed by atoms with Gasteiger partial charge in [-0.2, -0.15) is 5.10 Å². The second-order valence-corrected chi connectivity index (χ2v) is 6.23. The van der Waals surface area contributed by atoms with E-state index in [1.165, 1.54) is 0 Å². The SMILES string of the molecule is Cc1nn(-c2ccccc2)c(C)c1CC(=O)OCc1ccccc1Cl. The van der Waals surface area contributed by atoms with E-state index in [1.54, 1.807) is 6.07 Å². The van der Waals surface area contributed by atoms with Crippen LogP contribution in [0.3, 0.4) is 0 Å². The van der Waals surface area contributed by atoms with Crippen molar-refractivity contribution in [3.05, 3.63) is 82.1 Å². The molecule has 0 N–H and O–H groups in total. The molecule has 0 spiro atoms. The number of carbonyl (C=O) groups is 1. The maximum absolute atomic E-state index is 12.2. The van der Waals surface area contributed by atoms with Crippen LogP contribution in [0.4, 0.5) is 0 Å². The molecule has 0 aliphatic heterocycles. The van der Waals surface area contributed by atoms with Gasteiger partial charge in [-0.25, -0.2) is 4.68 Å². The van der Waals surface area contributed by atoms with Crippen LogP contribution < -0.4 is 0 Å². The van der Waals surface area contributed by atoms with Gasteiger partial charge in [0.2, 0.25) is 0 Å². The van der Waals surface area contributed by atoms with Crippen LogP contribution in [0.15, 0.2) is 54.6 Å². The van der Waals surface area contributed by atoms with E-state index in [0.717, 1.165) is 28.2 Å². The van der Waals surface area contributed by atoms with Crippen LogP contribution >= 0.6 is 11.6 Å². The number of aryl methyl sites for hydroxylation is 1. The first kappa shape index (κ1) is 17.2. The Hall–Kier alpha value is -2.59. The van der Waals surface area contributed by atoms with Crippen molar-refractivity contribution in [2.24, 2.45) is 0 Å². The molecule has 0 aliphatic rings. The molecule has 25 heavy (non-hydrogen) atoms. The zero-order valence-electron chi connectivity index (χ0n) is 14.2. The molecule has 0 saturated carbocycles. The lowest BCUT2D eigenvalue weighted by atomic mass is 10.1.